The van der Waals surface area contributed by atoms with Crippen LogP contribution in [0.15, 0.2) is 42.5 Å². The minimum absolute atomic E-state index is 0.000429. The number of benzene rings is 2. The molecule has 8 heteroatoms. The summed E-state index contributed by atoms with van der Waals surface area (Å²) in [7, 11) is -3.24. The van der Waals surface area contributed by atoms with E-state index >= 15 is 0 Å². The summed E-state index contributed by atoms with van der Waals surface area (Å²) in [6.07, 6.45) is 1.08. The molecule has 0 radical (unpaired) electrons. The number of carbonyl (C=O) groups is 1. The molecule has 0 spiro atoms. The molecule has 5 nitrogen and oxygen atoms in total. The van der Waals surface area contributed by atoms with E-state index in [1.807, 2.05) is 6.92 Å². The third kappa shape index (κ3) is 5.08. The second-order valence-corrected chi connectivity index (χ2v) is 9.67. The van der Waals surface area contributed by atoms with Gasteiger partial charge in [0.2, 0.25) is 0 Å². The quantitative estimate of drug-likeness (QED) is 0.651. The Balaban J connectivity index is 1.98. The SMILES string of the molecule is CCCOc1ccccc1C(=O)N(Cc1c(F)cccc1Cl)C1CCS(=O)(=O)C1. The van der Waals surface area contributed by atoms with Gasteiger partial charge in [-0.1, -0.05) is 36.7 Å². The predicted octanol–water partition coefficient (Wildman–Crippen LogP) is 4.10. The standard InChI is InChI=1S/C21H23ClFNO4S/c1-2-11-28-20-9-4-3-6-16(20)21(25)24(15-10-12-29(26,27)14-15)13-17-18(22)7-5-8-19(17)23/h3-9,15H,2,10-14H2,1H3. The van der Waals surface area contributed by atoms with E-state index in [1.54, 1.807) is 30.3 Å². The number of hydrogen-bond acceptors (Lipinski definition) is 4. The molecule has 0 saturated carbocycles. The summed E-state index contributed by atoms with van der Waals surface area (Å²) in [5, 5.41) is 0.194. The molecule has 1 amide bonds. The summed E-state index contributed by atoms with van der Waals surface area (Å²) >= 11 is 6.17. The van der Waals surface area contributed by atoms with Crippen molar-refractivity contribution in [3.05, 3.63) is 64.4 Å². The Morgan fingerprint density at radius 2 is 2.00 bits per heavy atom. The van der Waals surface area contributed by atoms with Crippen LogP contribution in [0.4, 0.5) is 4.39 Å². The zero-order valence-electron chi connectivity index (χ0n) is 16.1. The van der Waals surface area contributed by atoms with Gasteiger partial charge in [-0.05, 0) is 37.1 Å². The molecular weight excluding hydrogens is 417 g/mol. The van der Waals surface area contributed by atoms with E-state index in [2.05, 4.69) is 0 Å². The maximum atomic E-state index is 14.4. The first-order chi connectivity index (χ1) is 13.8. The normalized spacial score (nSPS) is 17.8. The first-order valence-corrected chi connectivity index (χ1v) is 11.7. The maximum Gasteiger partial charge on any atom is 0.258 e. The van der Waals surface area contributed by atoms with Crippen LogP contribution in [0.1, 0.15) is 35.7 Å². The number of halogens is 2. The predicted molar refractivity (Wildman–Crippen MR) is 111 cm³/mol. The van der Waals surface area contributed by atoms with Crippen LogP contribution in [0.5, 0.6) is 5.75 Å². The molecule has 1 unspecified atom stereocenters. The first kappa shape index (κ1) is 21.6. The smallest absolute Gasteiger partial charge is 0.258 e. The third-order valence-electron chi connectivity index (χ3n) is 4.88. The molecule has 0 bridgehead atoms. The van der Waals surface area contributed by atoms with Gasteiger partial charge >= 0.3 is 0 Å². The van der Waals surface area contributed by atoms with Crippen molar-refractivity contribution in [1.29, 1.82) is 0 Å². The lowest BCUT2D eigenvalue weighted by atomic mass is 10.1. The number of ether oxygens (including phenoxy) is 1. The minimum atomic E-state index is -3.24. The molecule has 1 fully saturated rings. The molecule has 2 aromatic rings. The van der Waals surface area contributed by atoms with Crippen LogP contribution in [0.25, 0.3) is 0 Å². The molecule has 0 aliphatic carbocycles. The van der Waals surface area contributed by atoms with Gasteiger partial charge < -0.3 is 9.64 Å². The zero-order chi connectivity index (χ0) is 21.0. The van der Waals surface area contributed by atoms with Gasteiger partial charge in [-0.15, -0.1) is 0 Å². The number of amides is 1. The van der Waals surface area contributed by atoms with Crippen molar-refractivity contribution < 1.29 is 22.3 Å². The van der Waals surface area contributed by atoms with Gasteiger partial charge in [-0.3, -0.25) is 4.79 Å². The van der Waals surface area contributed by atoms with Crippen LogP contribution in [0, 0.1) is 5.82 Å². The third-order valence-corrected chi connectivity index (χ3v) is 6.98. The van der Waals surface area contributed by atoms with E-state index in [4.69, 9.17) is 16.3 Å². The van der Waals surface area contributed by atoms with E-state index in [1.165, 1.54) is 17.0 Å². The number of carbonyl (C=O) groups excluding carboxylic acids is 1. The molecule has 29 heavy (non-hydrogen) atoms. The van der Waals surface area contributed by atoms with Crippen LogP contribution >= 0.6 is 11.6 Å². The van der Waals surface area contributed by atoms with Gasteiger partial charge in [0.1, 0.15) is 11.6 Å². The second-order valence-electron chi connectivity index (χ2n) is 7.03. The highest BCUT2D eigenvalue weighted by Gasteiger charge is 2.36. The highest BCUT2D eigenvalue weighted by atomic mass is 35.5. The van der Waals surface area contributed by atoms with Crippen LogP contribution in [-0.4, -0.2) is 43.4 Å². The second kappa shape index (κ2) is 9.13. The van der Waals surface area contributed by atoms with Crippen molar-refractivity contribution in [3.8, 4) is 5.75 Å². The highest BCUT2D eigenvalue weighted by Crippen LogP contribution is 2.29. The topological polar surface area (TPSA) is 63.7 Å². The Bertz CT molecular complexity index is 976. The van der Waals surface area contributed by atoms with Crippen molar-refractivity contribution in [2.24, 2.45) is 0 Å². The largest absolute Gasteiger partial charge is 0.493 e. The summed E-state index contributed by atoms with van der Waals surface area (Å²) in [6.45, 7) is 2.29. The van der Waals surface area contributed by atoms with Gasteiger partial charge in [0, 0.05) is 16.6 Å². The summed E-state index contributed by atoms with van der Waals surface area (Å²) in [5.41, 5.74) is 0.483. The van der Waals surface area contributed by atoms with Gasteiger partial charge in [0.15, 0.2) is 9.84 Å². The molecular formula is C21H23ClFNO4S. The number of para-hydroxylation sites is 1. The number of rotatable bonds is 7. The van der Waals surface area contributed by atoms with Crippen LogP contribution in [0.2, 0.25) is 5.02 Å². The lowest BCUT2D eigenvalue weighted by Gasteiger charge is -2.29. The van der Waals surface area contributed by atoms with Crippen LogP contribution in [0.3, 0.4) is 0 Å². The van der Waals surface area contributed by atoms with Gasteiger partial charge in [-0.2, -0.15) is 0 Å². The molecule has 3 rings (SSSR count). The van der Waals surface area contributed by atoms with Gasteiger partial charge in [0.05, 0.1) is 30.2 Å². The lowest BCUT2D eigenvalue weighted by molar-refractivity contribution is 0.0674. The Kier molecular flexibility index (Phi) is 6.80. The van der Waals surface area contributed by atoms with Crippen molar-refractivity contribution in [2.45, 2.75) is 32.4 Å². The molecule has 0 aromatic heterocycles. The Morgan fingerprint density at radius 1 is 1.24 bits per heavy atom. The number of nitrogens with zero attached hydrogens (tertiary/aromatic N) is 1. The maximum absolute atomic E-state index is 14.4. The summed E-state index contributed by atoms with van der Waals surface area (Å²) < 4.78 is 44.2. The van der Waals surface area contributed by atoms with E-state index in [0.717, 1.165) is 6.42 Å². The summed E-state index contributed by atoms with van der Waals surface area (Å²) in [4.78, 5) is 14.8. The van der Waals surface area contributed by atoms with Crippen molar-refractivity contribution in [1.82, 2.24) is 4.90 Å². The monoisotopic (exact) mass is 439 g/mol. The fraction of sp³-hybridized carbons (Fsp3) is 0.381. The lowest BCUT2D eigenvalue weighted by Crippen LogP contribution is -2.41. The average Bonchev–Trinajstić information content (AvgIpc) is 3.05. The summed E-state index contributed by atoms with van der Waals surface area (Å²) in [5.74, 6) is -0.668. The fourth-order valence-electron chi connectivity index (χ4n) is 3.38. The Labute approximate surface area is 175 Å². The fourth-order valence-corrected chi connectivity index (χ4v) is 5.33. The van der Waals surface area contributed by atoms with Crippen LogP contribution < -0.4 is 4.74 Å². The molecule has 1 heterocycles. The van der Waals surface area contributed by atoms with Crippen molar-refractivity contribution >= 4 is 27.3 Å². The Morgan fingerprint density at radius 3 is 2.66 bits per heavy atom. The highest BCUT2D eigenvalue weighted by molar-refractivity contribution is 7.91. The molecule has 1 atom stereocenters. The molecule has 0 N–H and O–H groups in total. The Hall–Kier alpha value is -2.12. The number of sulfone groups is 1. The van der Waals surface area contributed by atoms with E-state index in [9.17, 15) is 17.6 Å². The van der Waals surface area contributed by atoms with Crippen molar-refractivity contribution in [2.75, 3.05) is 18.1 Å². The molecule has 1 saturated heterocycles. The average molecular weight is 440 g/mol. The first-order valence-electron chi connectivity index (χ1n) is 9.48. The minimum Gasteiger partial charge on any atom is -0.493 e. The number of hydrogen-bond donors (Lipinski definition) is 0. The van der Waals surface area contributed by atoms with Crippen LogP contribution in [-0.2, 0) is 16.4 Å². The van der Waals surface area contributed by atoms with Gasteiger partial charge in [0.25, 0.3) is 5.91 Å². The summed E-state index contributed by atoms with van der Waals surface area (Å²) in [6, 6.07) is 10.6. The van der Waals surface area contributed by atoms with E-state index in [0.29, 0.717) is 24.3 Å². The van der Waals surface area contributed by atoms with E-state index < -0.39 is 27.6 Å². The molecule has 1 aliphatic heterocycles. The molecule has 156 valence electrons. The van der Waals surface area contributed by atoms with Gasteiger partial charge in [-0.25, -0.2) is 12.8 Å². The molecule has 2 aromatic carbocycles. The van der Waals surface area contributed by atoms with E-state index in [-0.39, 0.29) is 28.6 Å². The van der Waals surface area contributed by atoms with Crippen molar-refractivity contribution in [3.63, 3.8) is 0 Å². The zero-order valence-corrected chi connectivity index (χ0v) is 17.7. The molecule has 1 aliphatic rings.